The number of nitrogens with zero attached hydrogens (tertiary/aromatic N) is 1. The Morgan fingerprint density at radius 2 is 1.90 bits per heavy atom. The molecule has 0 aliphatic heterocycles. The predicted octanol–water partition coefficient (Wildman–Crippen LogP) is 5.80. The van der Waals surface area contributed by atoms with E-state index in [4.69, 9.17) is 19.2 Å². The van der Waals surface area contributed by atoms with Crippen LogP contribution in [0.3, 0.4) is 0 Å². The van der Waals surface area contributed by atoms with E-state index in [0.29, 0.717) is 30.4 Å². The molecule has 1 N–H and O–H groups in total. The van der Waals surface area contributed by atoms with Crippen LogP contribution in [0.15, 0.2) is 73.0 Å². The van der Waals surface area contributed by atoms with Crippen molar-refractivity contribution in [3.05, 3.63) is 90.1 Å². The van der Waals surface area contributed by atoms with Crippen molar-refractivity contribution in [3.8, 4) is 22.8 Å². The van der Waals surface area contributed by atoms with Gasteiger partial charge >= 0.3 is 0 Å². The van der Waals surface area contributed by atoms with Gasteiger partial charge in [-0.3, -0.25) is 0 Å². The minimum absolute atomic E-state index is 0.0358. The van der Waals surface area contributed by atoms with Gasteiger partial charge in [0.1, 0.15) is 29.7 Å². The van der Waals surface area contributed by atoms with Crippen molar-refractivity contribution in [1.82, 2.24) is 4.98 Å². The first-order valence-electron chi connectivity index (χ1n) is 10.0. The number of halogens is 1. The monoisotopic (exact) mass is 423 g/mol. The molecule has 1 atom stereocenters. The van der Waals surface area contributed by atoms with E-state index in [9.17, 15) is 9.50 Å². The van der Waals surface area contributed by atoms with Gasteiger partial charge in [0.25, 0.3) is 0 Å². The molecular formula is C25H26FNO4. The van der Waals surface area contributed by atoms with Crippen LogP contribution >= 0.6 is 0 Å². The van der Waals surface area contributed by atoms with Crippen LogP contribution in [0.1, 0.15) is 24.3 Å². The second-order valence-corrected chi connectivity index (χ2v) is 7.00. The minimum atomic E-state index is -0.427. The molecule has 6 heteroatoms. The Morgan fingerprint density at radius 3 is 2.58 bits per heavy atom. The average molecular weight is 423 g/mol. The Kier molecular flexibility index (Phi) is 7.62. The van der Waals surface area contributed by atoms with Gasteiger partial charge in [0.2, 0.25) is 0 Å². The fraction of sp³-hybridized carbons (Fsp3) is 0.240. The van der Waals surface area contributed by atoms with Crippen LogP contribution in [0.4, 0.5) is 4.39 Å². The molecule has 0 aliphatic rings. The molecule has 3 aromatic rings. The molecule has 2 aromatic carbocycles. The summed E-state index contributed by atoms with van der Waals surface area (Å²) < 4.78 is 30.6. The molecule has 5 nitrogen and oxygen atoms in total. The largest absolute Gasteiger partial charge is 0.509 e. The van der Waals surface area contributed by atoms with Crippen LogP contribution in [0, 0.1) is 12.7 Å². The minimum Gasteiger partial charge on any atom is -0.509 e. The van der Waals surface area contributed by atoms with E-state index in [1.165, 1.54) is 12.1 Å². The van der Waals surface area contributed by atoms with Crippen LogP contribution < -0.4 is 9.47 Å². The van der Waals surface area contributed by atoms with Crippen LogP contribution in [0.5, 0.6) is 11.5 Å². The first-order valence-corrected chi connectivity index (χ1v) is 10.0. The van der Waals surface area contributed by atoms with Gasteiger partial charge in [0.05, 0.1) is 18.0 Å². The molecule has 162 valence electrons. The van der Waals surface area contributed by atoms with Gasteiger partial charge in [-0.25, -0.2) is 9.37 Å². The number of pyridine rings is 1. The Morgan fingerprint density at radius 1 is 1.13 bits per heavy atom. The second-order valence-electron chi connectivity index (χ2n) is 7.00. The molecular weight excluding hydrogens is 397 g/mol. The van der Waals surface area contributed by atoms with E-state index in [1.807, 2.05) is 38.1 Å². The summed E-state index contributed by atoms with van der Waals surface area (Å²) in [4.78, 5) is 4.72. The molecule has 0 bridgehead atoms. The van der Waals surface area contributed by atoms with Crippen LogP contribution in [-0.2, 0) is 4.74 Å². The second kappa shape index (κ2) is 10.6. The SMILES string of the molecule is C=C(O)COc1ccc(OC(COCC)c2cccc(-c3ccc(F)cc3)n2)cc1C. The van der Waals surface area contributed by atoms with Crippen molar-refractivity contribution in [2.45, 2.75) is 20.0 Å². The molecule has 0 fully saturated rings. The Balaban J connectivity index is 1.82. The molecule has 0 amide bonds. The van der Waals surface area contributed by atoms with E-state index >= 15 is 0 Å². The van der Waals surface area contributed by atoms with Crippen LogP contribution in [0.2, 0.25) is 0 Å². The number of benzene rings is 2. The predicted molar refractivity (Wildman–Crippen MR) is 118 cm³/mol. The van der Waals surface area contributed by atoms with Gasteiger partial charge < -0.3 is 19.3 Å². The lowest BCUT2D eigenvalue weighted by Crippen LogP contribution is -2.16. The van der Waals surface area contributed by atoms with Gasteiger partial charge in [-0.05, 0) is 74.0 Å². The van der Waals surface area contributed by atoms with Crippen molar-refractivity contribution in [3.63, 3.8) is 0 Å². The third-order valence-corrected chi connectivity index (χ3v) is 4.53. The number of ether oxygens (including phenoxy) is 3. The number of rotatable bonds is 10. The van der Waals surface area contributed by atoms with Crippen molar-refractivity contribution in [1.29, 1.82) is 0 Å². The third-order valence-electron chi connectivity index (χ3n) is 4.53. The summed E-state index contributed by atoms with van der Waals surface area (Å²) in [5.41, 5.74) is 3.12. The molecule has 1 aromatic heterocycles. The number of aryl methyl sites for hydroxylation is 1. The highest BCUT2D eigenvalue weighted by molar-refractivity contribution is 5.59. The van der Waals surface area contributed by atoms with Gasteiger partial charge in [-0.15, -0.1) is 0 Å². The van der Waals surface area contributed by atoms with Crippen molar-refractivity contribution in [2.75, 3.05) is 19.8 Å². The standard InChI is InChI=1S/C25H26FNO4/c1-4-29-16-25(31-21-12-13-24(17(2)14-21)30-15-18(3)28)23-7-5-6-22(27-23)19-8-10-20(26)11-9-19/h5-14,25,28H,3-4,15-16H2,1-2H3. The highest BCUT2D eigenvalue weighted by atomic mass is 19.1. The molecule has 3 rings (SSSR count). The summed E-state index contributed by atoms with van der Waals surface area (Å²) in [6, 6.07) is 17.3. The molecule has 1 unspecified atom stereocenters. The third kappa shape index (κ3) is 6.30. The fourth-order valence-electron chi connectivity index (χ4n) is 3.00. The zero-order valence-corrected chi connectivity index (χ0v) is 17.7. The van der Waals surface area contributed by atoms with Gasteiger partial charge in [-0.2, -0.15) is 0 Å². The number of aliphatic hydroxyl groups is 1. The lowest BCUT2D eigenvalue weighted by molar-refractivity contribution is 0.0540. The van der Waals surface area contributed by atoms with Crippen LogP contribution in [-0.4, -0.2) is 29.9 Å². The summed E-state index contributed by atoms with van der Waals surface area (Å²) >= 11 is 0. The highest BCUT2D eigenvalue weighted by Gasteiger charge is 2.17. The smallest absolute Gasteiger partial charge is 0.164 e. The Hall–Kier alpha value is -3.38. The topological polar surface area (TPSA) is 60.8 Å². The summed E-state index contributed by atoms with van der Waals surface area (Å²) in [5, 5.41) is 9.22. The maximum Gasteiger partial charge on any atom is 0.164 e. The first kappa shape index (κ1) is 22.3. The van der Waals surface area contributed by atoms with E-state index < -0.39 is 6.10 Å². The summed E-state index contributed by atoms with van der Waals surface area (Å²) in [7, 11) is 0. The van der Waals surface area contributed by atoms with Crippen LogP contribution in [0.25, 0.3) is 11.3 Å². The summed E-state index contributed by atoms with van der Waals surface area (Å²) in [6.07, 6.45) is -0.427. The van der Waals surface area contributed by atoms with Crippen molar-refractivity contribution >= 4 is 0 Å². The molecule has 0 aliphatic carbocycles. The van der Waals surface area contributed by atoms with Crippen molar-refractivity contribution in [2.24, 2.45) is 0 Å². The summed E-state index contributed by atoms with van der Waals surface area (Å²) in [6.45, 7) is 8.15. The van der Waals surface area contributed by atoms with Gasteiger partial charge in [0, 0.05) is 12.2 Å². The molecule has 0 radical (unpaired) electrons. The quantitative estimate of drug-likeness (QED) is 0.418. The highest BCUT2D eigenvalue weighted by Crippen LogP contribution is 2.28. The number of hydrogen-bond acceptors (Lipinski definition) is 5. The van der Waals surface area contributed by atoms with Gasteiger partial charge in [-0.1, -0.05) is 12.6 Å². The van der Waals surface area contributed by atoms with E-state index in [2.05, 4.69) is 6.58 Å². The normalized spacial score (nSPS) is 11.7. The van der Waals surface area contributed by atoms with E-state index in [-0.39, 0.29) is 18.2 Å². The lowest BCUT2D eigenvalue weighted by Gasteiger charge is -2.20. The number of aromatic nitrogens is 1. The molecule has 1 heterocycles. The zero-order valence-electron chi connectivity index (χ0n) is 17.7. The zero-order chi connectivity index (χ0) is 22.2. The fourth-order valence-corrected chi connectivity index (χ4v) is 3.00. The van der Waals surface area contributed by atoms with E-state index in [1.54, 1.807) is 24.3 Å². The Bertz CT molecular complexity index is 1020. The van der Waals surface area contributed by atoms with Crippen molar-refractivity contribution < 1.29 is 23.7 Å². The maximum atomic E-state index is 13.3. The van der Waals surface area contributed by atoms with Gasteiger partial charge in [0.15, 0.2) is 6.10 Å². The molecule has 0 spiro atoms. The number of aliphatic hydroxyl groups excluding tert-OH is 1. The molecule has 0 saturated carbocycles. The van der Waals surface area contributed by atoms with E-state index in [0.717, 1.165) is 16.8 Å². The molecule has 0 saturated heterocycles. The number of hydrogen-bond donors (Lipinski definition) is 1. The average Bonchev–Trinajstić information content (AvgIpc) is 2.76. The molecule has 31 heavy (non-hydrogen) atoms. The summed E-state index contributed by atoms with van der Waals surface area (Å²) in [5.74, 6) is 0.957. The first-order chi connectivity index (χ1) is 15.0. The Labute approximate surface area is 181 Å². The lowest BCUT2D eigenvalue weighted by atomic mass is 10.1. The maximum absolute atomic E-state index is 13.3.